The molecule has 0 spiro atoms. The molecular formula is C23H21N3O6. The first-order valence-corrected chi connectivity index (χ1v) is 9.96. The van der Waals surface area contributed by atoms with Crippen LogP contribution in [0.15, 0.2) is 71.7 Å². The highest BCUT2D eigenvalue weighted by molar-refractivity contribution is 6.04. The fourth-order valence-electron chi connectivity index (χ4n) is 3.15. The smallest absolute Gasteiger partial charge is 0.351 e. The molecule has 3 aromatic rings. The van der Waals surface area contributed by atoms with Gasteiger partial charge < -0.3 is 19.5 Å². The van der Waals surface area contributed by atoms with Crippen LogP contribution in [-0.2, 0) is 14.2 Å². The lowest BCUT2D eigenvalue weighted by Crippen LogP contribution is -2.30. The number of nitrogens with one attached hydrogen (secondary N) is 1. The summed E-state index contributed by atoms with van der Waals surface area (Å²) in [5.41, 5.74) is 0.857. The predicted molar refractivity (Wildman–Crippen MR) is 114 cm³/mol. The Morgan fingerprint density at radius 2 is 1.75 bits per heavy atom. The topological polar surface area (TPSA) is 109 Å². The van der Waals surface area contributed by atoms with Crippen LogP contribution in [0, 0.1) is 6.92 Å². The second kappa shape index (κ2) is 9.54. The fraction of sp³-hybridized carbons (Fsp3) is 0.217. The summed E-state index contributed by atoms with van der Waals surface area (Å²) >= 11 is 0. The van der Waals surface area contributed by atoms with Gasteiger partial charge in [-0.15, -0.1) is 0 Å². The van der Waals surface area contributed by atoms with E-state index in [1.807, 2.05) is 0 Å². The molecule has 1 aromatic heterocycles. The summed E-state index contributed by atoms with van der Waals surface area (Å²) in [6.45, 7) is 1.69. The Bertz CT molecular complexity index is 1160. The highest BCUT2D eigenvalue weighted by Gasteiger charge is 2.30. The Labute approximate surface area is 183 Å². The van der Waals surface area contributed by atoms with Gasteiger partial charge in [0.15, 0.2) is 12.5 Å². The summed E-state index contributed by atoms with van der Waals surface area (Å²) in [4.78, 5) is 40.9. The van der Waals surface area contributed by atoms with Crippen LogP contribution in [0.3, 0.4) is 0 Å². The van der Waals surface area contributed by atoms with Crippen molar-refractivity contribution in [2.45, 2.75) is 19.4 Å². The van der Waals surface area contributed by atoms with Crippen LogP contribution in [0.25, 0.3) is 0 Å². The summed E-state index contributed by atoms with van der Waals surface area (Å²) < 4.78 is 17.7. The predicted octanol–water partition coefficient (Wildman–Crippen LogP) is 2.53. The molecule has 0 saturated carbocycles. The van der Waals surface area contributed by atoms with E-state index in [2.05, 4.69) is 10.3 Å². The van der Waals surface area contributed by atoms with Gasteiger partial charge in [-0.2, -0.15) is 4.98 Å². The number of amides is 1. The van der Waals surface area contributed by atoms with E-state index in [4.69, 9.17) is 14.2 Å². The molecule has 1 saturated heterocycles. The van der Waals surface area contributed by atoms with Gasteiger partial charge in [0.25, 0.3) is 5.91 Å². The van der Waals surface area contributed by atoms with Crippen molar-refractivity contribution in [3.63, 3.8) is 0 Å². The van der Waals surface area contributed by atoms with Crippen LogP contribution in [0.4, 0.5) is 5.82 Å². The lowest BCUT2D eigenvalue weighted by molar-refractivity contribution is -0.103. The van der Waals surface area contributed by atoms with E-state index >= 15 is 0 Å². The summed E-state index contributed by atoms with van der Waals surface area (Å²) in [7, 11) is 0. The average Bonchev–Trinajstić information content (AvgIpc) is 3.29. The van der Waals surface area contributed by atoms with E-state index < -0.39 is 24.2 Å². The Hall–Kier alpha value is -3.82. The molecule has 1 N–H and O–H groups in total. The molecule has 2 aromatic carbocycles. The van der Waals surface area contributed by atoms with Crippen LogP contribution < -0.4 is 11.0 Å². The van der Waals surface area contributed by atoms with E-state index in [-0.39, 0.29) is 24.9 Å². The van der Waals surface area contributed by atoms with Crippen molar-refractivity contribution in [3.8, 4) is 0 Å². The molecule has 0 aliphatic carbocycles. The van der Waals surface area contributed by atoms with Gasteiger partial charge in [0.2, 0.25) is 0 Å². The quantitative estimate of drug-likeness (QED) is 0.593. The zero-order valence-electron chi connectivity index (χ0n) is 17.3. The van der Waals surface area contributed by atoms with Crippen LogP contribution in [0.1, 0.15) is 32.5 Å². The van der Waals surface area contributed by atoms with Gasteiger partial charge >= 0.3 is 11.7 Å². The normalized spacial score (nSPS) is 17.7. The summed E-state index contributed by atoms with van der Waals surface area (Å²) in [5, 5.41) is 2.65. The van der Waals surface area contributed by atoms with Crippen molar-refractivity contribution in [1.29, 1.82) is 0 Å². The lowest BCUT2D eigenvalue weighted by Gasteiger charge is -2.15. The van der Waals surface area contributed by atoms with Gasteiger partial charge in [-0.3, -0.25) is 9.36 Å². The Kier molecular flexibility index (Phi) is 6.39. The third-order valence-corrected chi connectivity index (χ3v) is 4.81. The maximum atomic E-state index is 12.5. The van der Waals surface area contributed by atoms with E-state index in [0.29, 0.717) is 16.7 Å². The number of hydrogen-bond acceptors (Lipinski definition) is 7. The van der Waals surface area contributed by atoms with E-state index in [9.17, 15) is 14.4 Å². The SMILES string of the molecule is Cc1cn([C@@H]2CO[C@H](COC(=O)c3ccccc3)O2)c(=O)nc1NC(=O)c1ccccc1. The van der Waals surface area contributed by atoms with Crippen LogP contribution in [-0.4, -0.2) is 40.9 Å². The average molecular weight is 435 g/mol. The van der Waals surface area contributed by atoms with Crippen molar-refractivity contribution in [1.82, 2.24) is 9.55 Å². The molecule has 1 aliphatic heterocycles. The zero-order chi connectivity index (χ0) is 22.5. The van der Waals surface area contributed by atoms with Crippen LogP contribution in [0.2, 0.25) is 0 Å². The number of nitrogens with zero attached hydrogens (tertiary/aromatic N) is 2. The molecule has 1 fully saturated rings. The first-order valence-electron chi connectivity index (χ1n) is 9.96. The summed E-state index contributed by atoms with van der Waals surface area (Å²) in [6.07, 6.45) is 0.00724. The second-order valence-corrected chi connectivity index (χ2v) is 7.10. The first kappa shape index (κ1) is 21.4. The minimum absolute atomic E-state index is 0.0876. The summed E-state index contributed by atoms with van der Waals surface area (Å²) in [6, 6.07) is 17.2. The molecule has 32 heavy (non-hydrogen) atoms. The number of carbonyl (C=O) groups is 2. The number of aryl methyl sites for hydroxylation is 1. The molecule has 1 aliphatic rings. The number of rotatable bonds is 6. The van der Waals surface area contributed by atoms with Gasteiger partial charge in [-0.25, -0.2) is 9.59 Å². The monoisotopic (exact) mass is 435 g/mol. The Balaban J connectivity index is 1.38. The van der Waals surface area contributed by atoms with Gasteiger partial charge in [0, 0.05) is 17.3 Å². The van der Waals surface area contributed by atoms with Crippen molar-refractivity contribution in [3.05, 3.63) is 94.0 Å². The van der Waals surface area contributed by atoms with Crippen LogP contribution in [0.5, 0.6) is 0 Å². The molecule has 164 valence electrons. The molecule has 4 rings (SSSR count). The fourth-order valence-corrected chi connectivity index (χ4v) is 3.15. The van der Waals surface area contributed by atoms with Gasteiger partial charge in [-0.05, 0) is 31.2 Å². The third kappa shape index (κ3) is 4.90. The lowest BCUT2D eigenvalue weighted by atomic mass is 10.2. The molecule has 0 bridgehead atoms. The molecule has 9 nitrogen and oxygen atoms in total. The van der Waals surface area contributed by atoms with Gasteiger partial charge in [0.05, 0.1) is 12.2 Å². The van der Waals surface area contributed by atoms with E-state index in [0.717, 1.165) is 0 Å². The van der Waals surface area contributed by atoms with Crippen molar-refractivity contribution < 1.29 is 23.8 Å². The maximum Gasteiger partial charge on any atom is 0.351 e. The molecule has 1 amide bonds. The number of ether oxygens (including phenoxy) is 3. The van der Waals surface area contributed by atoms with Crippen molar-refractivity contribution in [2.24, 2.45) is 0 Å². The van der Waals surface area contributed by atoms with E-state index in [1.165, 1.54) is 4.57 Å². The highest BCUT2D eigenvalue weighted by atomic mass is 16.7. The van der Waals surface area contributed by atoms with E-state index in [1.54, 1.807) is 73.8 Å². The molecular weight excluding hydrogens is 414 g/mol. The molecule has 0 radical (unpaired) electrons. The van der Waals surface area contributed by atoms with Gasteiger partial charge in [-0.1, -0.05) is 36.4 Å². The van der Waals surface area contributed by atoms with Crippen molar-refractivity contribution in [2.75, 3.05) is 18.5 Å². The minimum Gasteiger partial charge on any atom is -0.457 e. The second-order valence-electron chi connectivity index (χ2n) is 7.10. The Morgan fingerprint density at radius 3 is 2.44 bits per heavy atom. The Morgan fingerprint density at radius 1 is 1.09 bits per heavy atom. The minimum atomic E-state index is -0.808. The van der Waals surface area contributed by atoms with Crippen LogP contribution >= 0.6 is 0 Å². The third-order valence-electron chi connectivity index (χ3n) is 4.81. The number of anilines is 1. The number of carbonyl (C=O) groups excluding carboxylic acids is 2. The largest absolute Gasteiger partial charge is 0.457 e. The zero-order valence-corrected chi connectivity index (χ0v) is 17.3. The number of benzene rings is 2. The maximum absolute atomic E-state index is 12.5. The van der Waals surface area contributed by atoms with Gasteiger partial charge in [0.1, 0.15) is 12.4 Å². The first-order chi connectivity index (χ1) is 15.5. The number of hydrogen-bond donors (Lipinski definition) is 1. The molecule has 2 heterocycles. The summed E-state index contributed by atoms with van der Waals surface area (Å²) in [5.74, 6) is -0.680. The molecule has 0 unspecified atom stereocenters. The number of aromatic nitrogens is 2. The highest BCUT2D eigenvalue weighted by Crippen LogP contribution is 2.21. The standard InChI is InChI=1S/C23H21N3O6/c1-15-12-26(23(29)25-20(15)24-21(27)16-8-4-2-5-9-16)18-13-30-19(32-18)14-31-22(28)17-10-6-3-7-11-17/h2-12,18-19H,13-14H2,1H3,(H,24,25,27,29)/t18-,19-/m0/s1. The molecule has 9 heteroatoms. The molecule has 2 atom stereocenters. The van der Waals surface area contributed by atoms with Crippen molar-refractivity contribution >= 4 is 17.7 Å². The number of esters is 1.